The van der Waals surface area contributed by atoms with Crippen molar-refractivity contribution in [2.24, 2.45) is 5.92 Å². The summed E-state index contributed by atoms with van der Waals surface area (Å²) in [6.07, 6.45) is 3.67. The lowest BCUT2D eigenvalue weighted by molar-refractivity contribution is -0.122. The summed E-state index contributed by atoms with van der Waals surface area (Å²) in [5.41, 5.74) is 4.90. The van der Waals surface area contributed by atoms with Crippen molar-refractivity contribution < 1.29 is 9.59 Å². The van der Waals surface area contributed by atoms with Gasteiger partial charge in [0, 0.05) is 30.8 Å². The SMILES string of the molecule is CNC(=O)NCCc1cccc2cccc(-c3ccc4scc(CCNC(=O)C5CC5)c4c3)c12. The highest BCUT2D eigenvalue weighted by atomic mass is 32.1. The molecule has 1 heterocycles. The minimum atomic E-state index is -0.163. The van der Waals surface area contributed by atoms with Crippen LogP contribution in [0.25, 0.3) is 32.0 Å². The van der Waals surface area contributed by atoms with Gasteiger partial charge in [0.05, 0.1) is 0 Å². The van der Waals surface area contributed by atoms with Crippen LogP contribution < -0.4 is 16.0 Å². The van der Waals surface area contributed by atoms with Crippen LogP contribution in [0.4, 0.5) is 4.79 Å². The zero-order chi connectivity index (χ0) is 23.5. The maximum Gasteiger partial charge on any atom is 0.314 e. The molecule has 1 saturated carbocycles. The minimum absolute atomic E-state index is 0.163. The van der Waals surface area contributed by atoms with Crippen LogP contribution in [0.1, 0.15) is 24.0 Å². The first kappa shape index (κ1) is 22.4. The van der Waals surface area contributed by atoms with Crippen LogP contribution in [0.15, 0.2) is 60.0 Å². The average molecular weight is 472 g/mol. The van der Waals surface area contributed by atoms with Crippen molar-refractivity contribution >= 4 is 44.1 Å². The molecule has 1 aliphatic carbocycles. The third-order valence-corrected chi connectivity index (χ3v) is 7.52. The van der Waals surface area contributed by atoms with Crippen molar-refractivity contribution in [2.75, 3.05) is 20.1 Å². The van der Waals surface area contributed by atoms with Gasteiger partial charge in [0.1, 0.15) is 0 Å². The molecule has 4 aromatic rings. The van der Waals surface area contributed by atoms with Crippen LogP contribution in [-0.4, -0.2) is 32.1 Å². The standard InChI is InChI=1S/C28H29N3O2S/c1-29-28(33)31-15-12-19-5-2-4-18-6-3-7-23(26(18)19)21-10-11-25-24(16-21)22(17-34-25)13-14-30-27(32)20-8-9-20/h2-7,10-11,16-17,20H,8-9,12-15H2,1H3,(H,30,32)(H2,29,31,33). The summed E-state index contributed by atoms with van der Waals surface area (Å²) in [6.45, 7) is 1.26. The fourth-order valence-corrected chi connectivity index (χ4v) is 5.50. The average Bonchev–Trinajstić information content (AvgIpc) is 3.64. The number of fused-ring (bicyclic) bond motifs is 2. The Labute approximate surface area is 203 Å². The molecular formula is C28H29N3O2S. The van der Waals surface area contributed by atoms with E-state index in [4.69, 9.17) is 0 Å². The predicted octanol–water partition coefficient (Wildman–Crippen LogP) is 5.26. The number of carbonyl (C=O) groups is 2. The van der Waals surface area contributed by atoms with Gasteiger partial charge in [-0.1, -0.05) is 42.5 Å². The molecule has 0 saturated heterocycles. The van der Waals surface area contributed by atoms with Gasteiger partial charge >= 0.3 is 6.03 Å². The number of rotatable bonds is 8. The third-order valence-electron chi connectivity index (χ3n) is 6.50. The topological polar surface area (TPSA) is 70.2 Å². The van der Waals surface area contributed by atoms with Crippen molar-refractivity contribution in [1.29, 1.82) is 0 Å². The summed E-state index contributed by atoms with van der Waals surface area (Å²) in [7, 11) is 1.63. The monoisotopic (exact) mass is 471 g/mol. The summed E-state index contributed by atoms with van der Waals surface area (Å²) < 4.78 is 1.27. The molecule has 3 N–H and O–H groups in total. The van der Waals surface area contributed by atoms with Gasteiger partial charge in [-0.15, -0.1) is 11.3 Å². The highest BCUT2D eigenvalue weighted by Gasteiger charge is 2.29. The lowest BCUT2D eigenvalue weighted by atomic mass is 9.92. The molecule has 3 aromatic carbocycles. The molecular weight excluding hydrogens is 442 g/mol. The lowest BCUT2D eigenvalue weighted by Crippen LogP contribution is -2.34. The zero-order valence-electron chi connectivity index (χ0n) is 19.3. The van der Waals surface area contributed by atoms with Crippen molar-refractivity contribution in [3.05, 3.63) is 71.1 Å². The van der Waals surface area contributed by atoms with Gasteiger partial charge < -0.3 is 16.0 Å². The van der Waals surface area contributed by atoms with Crippen molar-refractivity contribution in [1.82, 2.24) is 16.0 Å². The summed E-state index contributed by atoms with van der Waals surface area (Å²) in [5, 5.41) is 14.5. The molecule has 34 heavy (non-hydrogen) atoms. The van der Waals surface area contributed by atoms with E-state index in [1.165, 1.54) is 43.1 Å². The van der Waals surface area contributed by atoms with Crippen LogP contribution in [0.2, 0.25) is 0 Å². The number of thiophene rings is 1. The highest BCUT2D eigenvalue weighted by Crippen LogP contribution is 2.36. The normalized spacial score (nSPS) is 13.2. The van der Waals surface area contributed by atoms with E-state index in [9.17, 15) is 9.59 Å². The van der Waals surface area contributed by atoms with E-state index < -0.39 is 0 Å². The van der Waals surface area contributed by atoms with E-state index in [-0.39, 0.29) is 17.9 Å². The van der Waals surface area contributed by atoms with E-state index in [0.717, 1.165) is 25.7 Å². The third kappa shape index (κ3) is 4.77. The molecule has 0 unspecified atom stereocenters. The molecule has 6 heteroatoms. The van der Waals surface area contributed by atoms with Crippen LogP contribution in [0.3, 0.4) is 0 Å². The Balaban J connectivity index is 1.44. The molecule has 1 fully saturated rings. The second-order valence-corrected chi connectivity index (χ2v) is 9.78. The van der Waals surface area contributed by atoms with Crippen molar-refractivity contribution in [3.63, 3.8) is 0 Å². The van der Waals surface area contributed by atoms with Crippen molar-refractivity contribution in [2.45, 2.75) is 25.7 Å². The van der Waals surface area contributed by atoms with Gasteiger partial charge in [-0.25, -0.2) is 4.79 Å². The molecule has 0 atom stereocenters. The minimum Gasteiger partial charge on any atom is -0.356 e. The molecule has 0 bridgehead atoms. The highest BCUT2D eigenvalue weighted by molar-refractivity contribution is 7.17. The fraction of sp³-hybridized carbons (Fsp3) is 0.286. The quantitative estimate of drug-likeness (QED) is 0.328. The first-order valence-electron chi connectivity index (χ1n) is 11.9. The summed E-state index contributed by atoms with van der Waals surface area (Å²) in [4.78, 5) is 23.6. The molecule has 0 spiro atoms. The summed E-state index contributed by atoms with van der Waals surface area (Å²) >= 11 is 1.76. The maximum absolute atomic E-state index is 12.0. The van der Waals surface area contributed by atoms with E-state index in [2.05, 4.69) is 75.9 Å². The summed E-state index contributed by atoms with van der Waals surface area (Å²) in [6, 6.07) is 19.3. The number of hydrogen-bond donors (Lipinski definition) is 3. The number of carbonyl (C=O) groups excluding carboxylic acids is 2. The number of urea groups is 1. The van der Waals surface area contributed by atoms with E-state index in [0.29, 0.717) is 13.1 Å². The zero-order valence-corrected chi connectivity index (χ0v) is 20.1. The number of amides is 3. The van der Waals surface area contributed by atoms with Crippen LogP contribution >= 0.6 is 11.3 Å². The Morgan fingerprint density at radius 1 is 0.941 bits per heavy atom. The molecule has 3 amide bonds. The predicted molar refractivity (Wildman–Crippen MR) is 140 cm³/mol. The fourth-order valence-electron chi connectivity index (χ4n) is 4.52. The van der Waals surface area contributed by atoms with Crippen LogP contribution in [0, 0.1) is 5.92 Å². The molecule has 1 aliphatic rings. The van der Waals surface area contributed by atoms with Gasteiger partial charge in [0.15, 0.2) is 0 Å². The first-order valence-corrected chi connectivity index (χ1v) is 12.8. The smallest absolute Gasteiger partial charge is 0.314 e. The first-order chi connectivity index (χ1) is 16.6. The molecule has 0 radical (unpaired) electrons. The Kier molecular flexibility index (Phi) is 6.50. The molecule has 5 rings (SSSR count). The number of nitrogens with one attached hydrogen (secondary N) is 3. The summed E-state index contributed by atoms with van der Waals surface area (Å²) in [5.74, 6) is 0.451. The molecule has 174 valence electrons. The van der Waals surface area contributed by atoms with Crippen LogP contribution in [0.5, 0.6) is 0 Å². The van der Waals surface area contributed by atoms with E-state index in [1.54, 1.807) is 18.4 Å². The van der Waals surface area contributed by atoms with Crippen molar-refractivity contribution in [3.8, 4) is 11.1 Å². The maximum atomic E-state index is 12.0. The van der Waals surface area contributed by atoms with Crippen LogP contribution in [-0.2, 0) is 17.6 Å². The van der Waals surface area contributed by atoms with E-state index in [1.807, 2.05) is 0 Å². The van der Waals surface area contributed by atoms with Gasteiger partial charge in [0.25, 0.3) is 0 Å². The lowest BCUT2D eigenvalue weighted by Gasteiger charge is -2.13. The van der Waals surface area contributed by atoms with Gasteiger partial charge in [-0.2, -0.15) is 0 Å². The molecule has 1 aromatic heterocycles. The molecule has 5 nitrogen and oxygen atoms in total. The van der Waals surface area contributed by atoms with Gasteiger partial charge in [0.2, 0.25) is 5.91 Å². The Morgan fingerprint density at radius 2 is 1.71 bits per heavy atom. The number of hydrogen-bond acceptors (Lipinski definition) is 3. The van der Waals surface area contributed by atoms with Gasteiger partial charge in [-0.3, -0.25) is 4.79 Å². The van der Waals surface area contributed by atoms with Gasteiger partial charge in [-0.05, 0) is 81.6 Å². The second kappa shape index (κ2) is 9.85. The Bertz CT molecular complexity index is 1350. The Hall–Kier alpha value is -3.38. The second-order valence-electron chi connectivity index (χ2n) is 8.86. The molecule has 0 aliphatic heterocycles. The number of benzene rings is 3. The largest absolute Gasteiger partial charge is 0.356 e. The van der Waals surface area contributed by atoms with E-state index >= 15 is 0 Å². The Morgan fingerprint density at radius 3 is 2.50 bits per heavy atom.